The van der Waals surface area contributed by atoms with Crippen molar-refractivity contribution in [3.63, 3.8) is 0 Å². The fourth-order valence-corrected chi connectivity index (χ4v) is 3.36. The van der Waals surface area contributed by atoms with E-state index in [4.69, 9.17) is 10.5 Å². The molecular weight excluding hydrogens is 306 g/mol. The normalized spacial score (nSPS) is 13.0. The maximum Gasteiger partial charge on any atom is 0.325 e. The van der Waals surface area contributed by atoms with Gasteiger partial charge in [-0.05, 0) is 19.1 Å². The molecule has 0 unspecified atom stereocenters. The van der Waals surface area contributed by atoms with Gasteiger partial charge in [0.15, 0.2) is 0 Å². The number of ether oxygens (including phenoxy) is 1. The van der Waals surface area contributed by atoms with Gasteiger partial charge in [0, 0.05) is 18.1 Å². The number of nitrogens with one attached hydrogen (secondary N) is 1. The molecule has 1 aromatic heterocycles. The number of hydrogen-bond acceptors (Lipinski definition) is 6. The molecule has 0 bridgehead atoms. The van der Waals surface area contributed by atoms with Gasteiger partial charge in [-0.15, -0.1) is 0 Å². The lowest BCUT2D eigenvalue weighted by molar-refractivity contribution is -0.144. The number of para-hydroxylation sites is 1. The molecule has 0 saturated carbocycles. The van der Waals surface area contributed by atoms with Crippen LogP contribution in [0.15, 0.2) is 41.4 Å². The zero-order valence-electron chi connectivity index (χ0n) is 12.0. The van der Waals surface area contributed by atoms with Crippen molar-refractivity contribution in [2.45, 2.75) is 17.9 Å². The molecule has 0 saturated heterocycles. The number of nitrogens with two attached hydrogens (primary N) is 1. The number of rotatable bonds is 6. The van der Waals surface area contributed by atoms with E-state index in [1.54, 1.807) is 31.2 Å². The van der Waals surface area contributed by atoms with Crippen molar-refractivity contribution < 1.29 is 17.9 Å². The van der Waals surface area contributed by atoms with Crippen molar-refractivity contribution in [2.24, 2.45) is 5.73 Å². The molecule has 0 aliphatic carbocycles. The summed E-state index contributed by atoms with van der Waals surface area (Å²) in [6, 6.07) is 7.13. The number of fused-ring (bicyclic) bond motifs is 1. The van der Waals surface area contributed by atoms with Crippen LogP contribution in [0.2, 0.25) is 0 Å². The van der Waals surface area contributed by atoms with E-state index in [2.05, 4.69) is 9.71 Å². The van der Waals surface area contributed by atoms with Crippen molar-refractivity contribution in [2.75, 3.05) is 13.2 Å². The molecule has 1 atom stereocenters. The molecule has 0 spiro atoms. The van der Waals surface area contributed by atoms with Crippen LogP contribution in [0.3, 0.4) is 0 Å². The van der Waals surface area contributed by atoms with Gasteiger partial charge in [0.2, 0.25) is 10.0 Å². The molecule has 0 aliphatic rings. The molecule has 0 amide bonds. The average molecular weight is 323 g/mol. The van der Waals surface area contributed by atoms with Crippen molar-refractivity contribution in [1.82, 2.24) is 9.71 Å². The summed E-state index contributed by atoms with van der Waals surface area (Å²) >= 11 is 0. The molecule has 8 heteroatoms. The molecule has 0 aliphatic heterocycles. The molecular formula is C14H17N3O4S. The van der Waals surface area contributed by atoms with Gasteiger partial charge in [0.25, 0.3) is 0 Å². The highest BCUT2D eigenvalue weighted by Gasteiger charge is 2.27. The first-order chi connectivity index (χ1) is 10.5. The quantitative estimate of drug-likeness (QED) is 0.745. The van der Waals surface area contributed by atoms with Crippen molar-refractivity contribution >= 4 is 26.9 Å². The fourth-order valence-electron chi connectivity index (χ4n) is 1.98. The van der Waals surface area contributed by atoms with Gasteiger partial charge in [0.05, 0.1) is 12.1 Å². The Morgan fingerprint density at radius 1 is 1.36 bits per heavy atom. The summed E-state index contributed by atoms with van der Waals surface area (Å²) in [6.07, 6.45) is 1.51. The summed E-state index contributed by atoms with van der Waals surface area (Å²) in [5.41, 5.74) is 5.79. The maximum absolute atomic E-state index is 12.5. The second-order valence-corrected chi connectivity index (χ2v) is 6.18. The number of aromatic nitrogens is 1. The van der Waals surface area contributed by atoms with Gasteiger partial charge in [-0.3, -0.25) is 9.78 Å². The van der Waals surface area contributed by atoms with Gasteiger partial charge in [-0.2, -0.15) is 4.72 Å². The van der Waals surface area contributed by atoms with Crippen LogP contribution in [0.1, 0.15) is 6.92 Å². The van der Waals surface area contributed by atoms with E-state index in [0.29, 0.717) is 10.9 Å². The van der Waals surface area contributed by atoms with E-state index in [1.165, 1.54) is 12.3 Å². The van der Waals surface area contributed by atoms with E-state index in [0.717, 1.165) is 0 Å². The average Bonchev–Trinajstić information content (AvgIpc) is 2.52. The molecule has 2 rings (SSSR count). The minimum Gasteiger partial charge on any atom is -0.465 e. The first kappa shape index (κ1) is 16.3. The molecule has 1 aromatic carbocycles. The van der Waals surface area contributed by atoms with E-state index < -0.39 is 22.0 Å². The second-order valence-electron chi connectivity index (χ2n) is 4.49. The lowest BCUT2D eigenvalue weighted by Gasteiger charge is -2.16. The van der Waals surface area contributed by atoms with Crippen molar-refractivity contribution in [3.05, 3.63) is 36.5 Å². The standard InChI is InChI=1S/C14H17N3O4S/c1-2-21-14(18)11(9-15)17-22(19,20)12-7-3-5-10-6-4-8-16-13(10)12/h3-8,11,17H,2,9,15H2,1H3/t11-/m0/s1. The van der Waals surface area contributed by atoms with Gasteiger partial charge >= 0.3 is 5.97 Å². The predicted octanol–water partition coefficient (Wildman–Crippen LogP) is 0.404. The molecule has 0 fully saturated rings. The first-order valence-electron chi connectivity index (χ1n) is 6.72. The van der Waals surface area contributed by atoms with Gasteiger partial charge in [0.1, 0.15) is 10.9 Å². The predicted molar refractivity (Wildman–Crippen MR) is 81.5 cm³/mol. The molecule has 1 heterocycles. The first-order valence-corrected chi connectivity index (χ1v) is 8.20. The SMILES string of the molecule is CCOC(=O)[C@H](CN)NS(=O)(=O)c1cccc2cccnc12. The van der Waals surface area contributed by atoms with Crippen LogP contribution in [-0.4, -0.2) is 38.6 Å². The number of nitrogens with zero attached hydrogens (tertiary/aromatic N) is 1. The third kappa shape index (κ3) is 3.41. The number of pyridine rings is 1. The number of carbonyl (C=O) groups excluding carboxylic acids is 1. The Hall–Kier alpha value is -2.03. The molecule has 7 nitrogen and oxygen atoms in total. The monoisotopic (exact) mass is 323 g/mol. The third-order valence-electron chi connectivity index (χ3n) is 2.99. The minimum atomic E-state index is -3.95. The second kappa shape index (κ2) is 6.82. The maximum atomic E-state index is 12.5. The Balaban J connectivity index is 2.38. The Labute approximate surface area is 128 Å². The minimum absolute atomic E-state index is 0.00616. The van der Waals surface area contributed by atoms with Crippen LogP contribution in [0.25, 0.3) is 10.9 Å². The summed E-state index contributed by atoms with van der Waals surface area (Å²) in [5.74, 6) is -0.707. The third-order valence-corrected chi connectivity index (χ3v) is 4.49. The summed E-state index contributed by atoms with van der Waals surface area (Å²) in [6.45, 7) is 1.58. The van der Waals surface area contributed by atoms with Crippen LogP contribution in [0, 0.1) is 0 Å². The lowest BCUT2D eigenvalue weighted by atomic mass is 10.2. The number of sulfonamides is 1. The fraction of sp³-hybridized carbons (Fsp3) is 0.286. The number of carbonyl (C=O) groups is 1. The van der Waals surface area contributed by atoms with Crippen molar-refractivity contribution in [1.29, 1.82) is 0 Å². The van der Waals surface area contributed by atoms with Gasteiger partial charge in [-0.25, -0.2) is 8.42 Å². The van der Waals surface area contributed by atoms with Crippen LogP contribution < -0.4 is 10.5 Å². The van der Waals surface area contributed by atoms with E-state index >= 15 is 0 Å². The summed E-state index contributed by atoms with van der Waals surface area (Å²) in [7, 11) is -3.95. The Morgan fingerprint density at radius 2 is 2.09 bits per heavy atom. The topological polar surface area (TPSA) is 111 Å². The van der Waals surface area contributed by atoms with Gasteiger partial charge in [-0.1, -0.05) is 18.2 Å². The molecule has 3 N–H and O–H groups in total. The zero-order valence-corrected chi connectivity index (χ0v) is 12.8. The Bertz CT molecular complexity index is 771. The van der Waals surface area contributed by atoms with E-state index in [1.807, 2.05) is 0 Å². The Kier molecular flexibility index (Phi) is 5.07. The molecule has 22 heavy (non-hydrogen) atoms. The van der Waals surface area contributed by atoms with Crippen LogP contribution in [-0.2, 0) is 19.6 Å². The highest BCUT2D eigenvalue weighted by molar-refractivity contribution is 7.89. The van der Waals surface area contributed by atoms with Crippen LogP contribution in [0.5, 0.6) is 0 Å². The Morgan fingerprint density at radius 3 is 2.77 bits per heavy atom. The molecule has 118 valence electrons. The number of benzene rings is 1. The largest absolute Gasteiger partial charge is 0.465 e. The highest BCUT2D eigenvalue weighted by atomic mass is 32.2. The van der Waals surface area contributed by atoms with Crippen LogP contribution in [0.4, 0.5) is 0 Å². The van der Waals surface area contributed by atoms with E-state index in [9.17, 15) is 13.2 Å². The molecule has 0 radical (unpaired) electrons. The smallest absolute Gasteiger partial charge is 0.325 e. The van der Waals surface area contributed by atoms with E-state index in [-0.39, 0.29) is 18.0 Å². The summed E-state index contributed by atoms with van der Waals surface area (Å²) < 4.78 is 32.1. The van der Waals surface area contributed by atoms with Gasteiger partial charge < -0.3 is 10.5 Å². The summed E-state index contributed by atoms with van der Waals surface area (Å²) in [4.78, 5) is 15.8. The number of esters is 1. The van der Waals surface area contributed by atoms with Crippen LogP contribution >= 0.6 is 0 Å². The molecule has 2 aromatic rings. The highest BCUT2D eigenvalue weighted by Crippen LogP contribution is 2.20. The van der Waals surface area contributed by atoms with Crippen molar-refractivity contribution in [3.8, 4) is 0 Å². The zero-order chi connectivity index (χ0) is 16.2. The number of hydrogen-bond donors (Lipinski definition) is 2. The lowest BCUT2D eigenvalue weighted by Crippen LogP contribution is -2.46. The summed E-state index contributed by atoms with van der Waals surface area (Å²) in [5, 5.41) is 0.686.